The maximum absolute atomic E-state index is 12.3. The quantitative estimate of drug-likeness (QED) is 0.764. The summed E-state index contributed by atoms with van der Waals surface area (Å²) in [5.41, 5.74) is 1.35. The van der Waals surface area contributed by atoms with Crippen molar-refractivity contribution >= 4 is 5.91 Å². The maximum Gasteiger partial charge on any atom is 0.387 e. The molecule has 1 heterocycles. The first-order valence-corrected chi connectivity index (χ1v) is 7.11. The van der Waals surface area contributed by atoms with Gasteiger partial charge < -0.3 is 20.5 Å². The average molecular weight is 314 g/mol. The Hall–Kier alpha value is -1.73. The van der Waals surface area contributed by atoms with Crippen LogP contribution in [-0.2, 0) is 0 Å². The molecule has 0 saturated carbocycles. The Morgan fingerprint density at radius 3 is 2.55 bits per heavy atom. The van der Waals surface area contributed by atoms with Crippen LogP contribution in [0.2, 0.25) is 0 Å². The van der Waals surface area contributed by atoms with Gasteiger partial charge in [-0.15, -0.1) is 0 Å². The number of hydrogen-bond acceptors (Lipinski definition) is 4. The molecule has 2 rings (SSSR count). The summed E-state index contributed by atoms with van der Waals surface area (Å²) in [6, 6.07) is 3.03. The van der Waals surface area contributed by atoms with E-state index in [1.807, 2.05) is 0 Å². The molecule has 122 valence electrons. The Morgan fingerprint density at radius 1 is 1.41 bits per heavy atom. The van der Waals surface area contributed by atoms with Gasteiger partial charge in [0.05, 0.1) is 6.10 Å². The number of carbonyl (C=O) groups excluding carboxylic acids is 1. The van der Waals surface area contributed by atoms with Crippen LogP contribution >= 0.6 is 0 Å². The van der Waals surface area contributed by atoms with E-state index in [4.69, 9.17) is 0 Å². The summed E-state index contributed by atoms with van der Waals surface area (Å²) in [6.07, 6.45) is -0.467. The number of amides is 1. The Morgan fingerprint density at radius 2 is 2.05 bits per heavy atom. The number of β-amino-alcohol motifs (C(OH)–C–C–N with tert-alkyl or cyclic N) is 1. The standard InChI is InChI=1S/C15H20F2N2O3/c1-8-3-10(4-9(2)13(8)22-15(16)17)14(21)19-6-11-5-18-7-12(11)20/h3-4,11-12,15,18,20H,5-7H2,1-2H3,(H,19,21). The minimum atomic E-state index is -2.89. The third-order valence-corrected chi connectivity index (χ3v) is 3.76. The van der Waals surface area contributed by atoms with Crippen LogP contribution in [0.3, 0.4) is 0 Å². The summed E-state index contributed by atoms with van der Waals surface area (Å²) in [5, 5.41) is 15.5. The molecule has 1 aliphatic rings. The van der Waals surface area contributed by atoms with Crippen molar-refractivity contribution in [1.82, 2.24) is 10.6 Å². The molecule has 0 radical (unpaired) electrons. The van der Waals surface area contributed by atoms with Crippen molar-refractivity contribution in [3.8, 4) is 5.75 Å². The number of aliphatic hydroxyl groups excluding tert-OH is 1. The van der Waals surface area contributed by atoms with Crippen molar-refractivity contribution < 1.29 is 23.4 Å². The topological polar surface area (TPSA) is 70.6 Å². The Kier molecular flexibility index (Phi) is 5.31. The maximum atomic E-state index is 12.3. The van der Waals surface area contributed by atoms with Crippen LogP contribution in [-0.4, -0.2) is 43.4 Å². The highest BCUT2D eigenvalue weighted by Crippen LogP contribution is 2.26. The smallest absolute Gasteiger partial charge is 0.387 e. The minimum Gasteiger partial charge on any atom is -0.434 e. The van der Waals surface area contributed by atoms with E-state index in [1.54, 1.807) is 13.8 Å². The summed E-state index contributed by atoms with van der Waals surface area (Å²) in [5.74, 6) is -0.219. The molecule has 0 spiro atoms. The summed E-state index contributed by atoms with van der Waals surface area (Å²) in [6.45, 7) is 1.88. The van der Waals surface area contributed by atoms with Crippen molar-refractivity contribution in [2.75, 3.05) is 19.6 Å². The third-order valence-electron chi connectivity index (χ3n) is 3.76. The Balaban J connectivity index is 2.03. The molecule has 1 fully saturated rings. The van der Waals surface area contributed by atoms with Crippen molar-refractivity contribution in [3.63, 3.8) is 0 Å². The van der Waals surface area contributed by atoms with Gasteiger partial charge in [-0.25, -0.2) is 0 Å². The zero-order chi connectivity index (χ0) is 16.3. The summed E-state index contributed by atoms with van der Waals surface area (Å²) < 4.78 is 29.1. The molecule has 0 aliphatic carbocycles. The van der Waals surface area contributed by atoms with E-state index < -0.39 is 12.7 Å². The van der Waals surface area contributed by atoms with Gasteiger partial charge in [0.2, 0.25) is 0 Å². The molecular formula is C15H20F2N2O3. The van der Waals surface area contributed by atoms with Gasteiger partial charge >= 0.3 is 6.61 Å². The van der Waals surface area contributed by atoms with Gasteiger partial charge in [0.1, 0.15) is 5.75 Å². The number of ether oxygens (including phenoxy) is 1. The number of halogens is 2. The van der Waals surface area contributed by atoms with Gasteiger partial charge in [-0.3, -0.25) is 4.79 Å². The second-order valence-corrected chi connectivity index (χ2v) is 5.51. The highest BCUT2D eigenvalue weighted by atomic mass is 19.3. The fourth-order valence-corrected chi connectivity index (χ4v) is 2.61. The second kappa shape index (κ2) is 7.02. The van der Waals surface area contributed by atoms with Crippen LogP contribution < -0.4 is 15.4 Å². The number of aryl methyl sites for hydroxylation is 2. The number of alkyl halides is 2. The molecule has 1 aromatic rings. The summed E-state index contributed by atoms with van der Waals surface area (Å²) >= 11 is 0. The molecule has 7 heteroatoms. The van der Waals surface area contributed by atoms with E-state index in [2.05, 4.69) is 15.4 Å². The van der Waals surface area contributed by atoms with Crippen LogP contribution in [0.15, 0.2) is 12.1 Å². The molecule has 3 N–H and O–H groups in total. The lowest BCUT2D eigenvalue weighted by atomic mass is 10.0. The predicted molar refractivity (Wildman–Crippen MR) is 77.2 cm³/mol. The van der Waals surface area contributed by atoms with Crippen molar-refractivity contribution in [2.24, 2.45) is 5.92 Å². The fraction of sp³-hybridized carbons (Fsp3) is 0.533. The number of hydrogen-bond donors (Lipinski definition) is 3. The van der Waals surface area contributed by atoms with Crippen molar-refractivity contribution in [1.29, 1.82) is 0 Å². The van der Waals surface area contributed by atoms with E-state index in [-0.39, 0.29) is 17.6 Å². The van der Waals surface area contributed by atoms with E-state index in [1.165, 1.54) is 12.1 Å². The first kappa shape index (κ1) is 16.6. The predicted octanol–water partition coefficient (Wildman–Crippen LogP) is 1.21. The third kappa shape index (κ3) is 3.92. The van der Waals surface area contributed by atoms with E-state index in [9.17, 15) is 18.7 Å². The summed E-state index contributed by atoms with van der Waals surface area (Å²) in [7, 11) is 0. The number of nitrogens with one attached hydrogen (secondary N) is 2. The van der Waals surface area contributed by atoms with Crippen LogP contribution in [0.25, 0.3) is 0 Å². The van der Waals surface area contributed by atoms with E-state index in [0.29, 0.717) is 36.3 Å². The number of aliphatic hydroxyl groups is 1. The van der Waals surface area contributed by atoms with Crippen LogP contribution in [0.1, 0.15) is 21.5 Å². The fourth-order valence-electron chi connectivity index (χ4n) is 2.61. The molecule has 1 saturated heterocycles. The molecule has 2 unspecified atom stereocenters. The zero-order valence-electron chi connectivity index (χ0n) is 12.5. The zero-order valence-corrected chi connectivity index (χ0v) is 12.5. The van der Waals surface area contributed by atoms with Gasteiger partial charge in [-0.1, -0.05) is 0 Å². The van der Waals surface area contributed by atoms with Gasteiger partial charge in [0.25, 0.3) is 5.91 Å². The van der Waals surface area contributed by atoms with Crippen LogP contribution in [0.4, 0.5) is 8.78 Å². The average Bonchev–Trinajstić information content (AvgIpc) is 2.85. The lowest BCUT2D eigenvalue weighted by molar-refractivity contribution is -0.0507. The highest BCUT2D eigenvalue weighted by molar-refractivity contribution is 5.94. The van der Waals surface area contributed by atoms with Crippen LogP contribution in [0, 0.1) is 19.8 Å². The second-order valence-electron chi connectivity index (χ2n) is 5.51. The molecule has 1 amide bonds. The normalized spacial score (nSPS) is 21.2. The van der Waals surface area contributed by atoms with Gasteiger partial charge in [-0.2, -0.15) is 8.78 Å². The lowest BCUT2D eigenvalue weighted by Crippen LogP contribution is -2.34. The minimum absolute atomic E-state index is 0.0208. The molecule has 2 atom stereocenters. The van der Waals surface area contributed by atoms with Gasteiger partial charge in [0.15, 0.2) is 0 Å². The van der Waals surface area contributed by atoms with E-state index in [0.717, 1.165) is 0 Å². The Labute approximate surface area is 127 Å². The van der Waals surface area contributed by atoms with Crippen molar-refractivity contribution in [3.05, 3.63) is 28.8 Å². The molecule has 1 aliphatic heterocycles. The molecule has 1 aromatic carbocycles. The molecule has 0 bridgehead atoms. The number of rotatable bonds is 5. The van der Waals surface area contributed by atoms with Crippen LogP contribution in [0.5, 0.6) is 5.75 Å². The monoisotopic (exact) mass is 314 g/mol. The molecule has 5 nitrogen and oxygen atoms in total. The first-order chi connectivity index (χ1) is 10.4. The largest absolute Gasteiger partial charge is 0.434 e. The van der Waals surface area contributed by atoms with E-state index >= 15 is 0 Å². The molecular weight excluding hydrogens is 294 g/mol. The molecule has 0 aromatic heterocycles. The first-order valence-electron chi connectivity index (χ1n) is 7.11. The summed E-state index contributed by atoms with van der Waals surface area (Å²) in [4.78, 5) is 12.1. The number of benzene rings is 1. The van der Waals surface area contributed by atoms with Gasteiger partial charge in [-0.05, 0) is 37.1 Å². The lowest BCUT2D eigenvalue weighted by Gasteiger charge is -2.16. The SMILES string of the molecule is Cc1cc(C(=O)NCC2CNCC2O)cc(C)c1OC(F)F. The van der Waals surface area contributed by atoms with Crippen molar-refractivity contribution in [2.45, 2.75) is 26.6 Å². The Bertz CT molecular complexity index is 529. The van der Waals surface area contributed by atoms with Gasteiger partial charge in [0, 0.05) is 31.1 Å². The highest BCUT2D eigenvalue weighted by Gasteiger charge is 2.25. The molecule has 22 heavy (non-hydrogen) atoms. The number of carbonyl (C=O) groups is 1.